The Kier molecular flexibility index (Phi) is 7.27. The molecule has 0 bridgehead atoms. The number of nitrogens with one attached hydrogen (secondary N) is 1. The third-order valence-electron chi connectivity index (χ3n) is 3.85. The summed E-state index contributed by atoms with van der Waals surface area (Å²) in [6, 6.07) is 11.0. The van der Waals surface area contributed by atoms with Crippen LogP contribution >= 0.6 is 11.8 Å². The van der Waals surface area contributed by atoms with Crippen LogP contribution in [0.15, 0.2) is 52.1 Å². The zero-order valence-corrected chi connectivity index (χ0v) is 17.4. The predicted molar refractivity (Wildman–Crippen MR) is 111 cm³/mol. The van der Waals surface area contributed by atoms with E-state index in [1.165, 1.54) is 25.3 Å². The van der Waals surface area contributed by atoms with E-state index < -0.39 is 4.92 Å². The lowest BCUT2D eigenvalue weighted by Gasteiger charge is -2.09. The SMILES string of the molecule is COc1cccc(OCc2nnc(SCC(=O)Nc3ccc([N+](=O)[O-])cc3OC)o2)c1. The Bertz CT molecular complexity index is 1070. The maximum Gasteiger partial charge on any atom is 0.277 e. The standard InChI is InChI=1S/C19H18N4O7S/c1-27-13-4-3-5-14(9-13)29-10-18-21-22-19(30-18)31-11-17(24)20-15-7-6-12(23(25)26)8-16(15)28-2/h3-9H,10-11H2,1-2H3,(H,20,24). The zero-order valence-electron chi connectivity index (χ0n) is 16.6. The normalized spacial score (nSPS) is 10.4. The van der Waals surface area contributed by atoms with E-state index in [2.05, 4.69) is 15.5 Å². The maximum atomic E-state index is 12.2. The van der Waals surface area contributed by atoms with Crippen LogP contribution in [0.5, 0.6) is 17.2 Å². The van der Waals surface area contributed by atoms with Crippen molar-refractivity contribution < 1.29 is 28.3 Å². The molecule has 162 valence electrons. The number of ether oxygens (including phenoxy) is 3. The van der Waals surface area contributed by atoms with Crippen molar-refractivity contribution in [2.45, 2.75) is 11.8 Å². The molecule has 0 saturated heterocycles. The van der Waals surface area contributed by atoms with Gasteiger partial charge in [0.05, 0.1) is 36.6 Å². The van der Waals surface area contributed by atoms with Crippen molar-refractivity contribution in [3.8, 4) is 17.2 Å². The molecule has 1 heterocycles. The minimum absolute atomic E-state index is 0.0154. The number of non-ortho nitro benzene ring substituents is 1. The van der Waals surface area contributed by atoms with Crippen LogP contribution in [0.1, 0.15) is 5.89 Å². The van der Waals surface area contributed by atoms with E-state index >= 15 is 0 Å². The van der Waals surface area contributed by atoms with E-state index in [1.807, 2.05) is 0 Å². The van der Waals surface area contributed by atoms with Gasteiger partial charge in [-0.3, -0.25) is 14.9 Å². The predicted octanol–water partition coefficient (Wildman–Crippen LogP) is 3.30. The first kappa shape index (κ1) is 21.9. The fraction of sp³-hybridized carbons (Fsp3) is 0.211. The summed E-state index contributed by atoms with van der Waals surface area (Å²) in [5.41, 5.74) is 0.176. The molecule has 0 unspecified atom stereocenters. The number of hydrogen-bond acceptors (Lipinski definition) is 10. The molecule has 12 heteroatoms. The van der Waals surface area contributed by atoms with Gasteiger partial charge in [0.25, 0.3) is 16.8 Å². The highest BCUT2D eigenvalue weighted by molar-refractivity contribution is 7.99. The average molecular weight is 446 g/mol. The van der Waals surface area contributed by atoms with Crippen LogP contribution < -0.4 is 19.5 Å². The Balaban J connectivity index is 1.51. The minimum Gasteiger partial charge on any atom is -0.497 e. The lowest BCUT2D eigenvalue weighted by atomic mass is 10.2. The van der Waals surface area contributed by atoms with Crippen molar-refractivity contribution in [3.63, 3.8) is 0 Å². The second-order valence-corrected chi connectivity index (χ2v) is 6.83. The van der Waals surface area contributed by atoms with Crippen molar-refractivity contribution in [3.05, 3.63) is 58.5 Å². The van der Waals surface area contributed by atoms with Crippen LogP contribution in [0, 0.1) is 10.1 Å². The van der Waals surface area contributed by atoms with Crippen molar-refractivity contribution in [1.82, 2.24) is 10.2 Å². The topological polar surface area (TPSA) is 139 Å². The number of amides is 1. The van der Waals surface area contributed by atoms with Crippen molar-refractivity contribution in [1.29, 1.82) is 0 Å². The van der Waals surface area contributed by atoms with Crippen molar-refractivity contribution in [2.24, 2.45) is 0 Å². The molecule has 0 aliphatic carbocycles. The molecule has 2 aromatic carbocycles. The monoisotopic (exact) mass is 446 g/mol. The summed E-state index contributed by atoms with van der Waals surface area (Å²) in [5, 5.41) is 21.4. The molecule has 3 aromatic rings. The molecule has 0 radical (unpaired) electrons. The molecule has 0 saturated carbocycles. The van der Waals surface area contributed by atoms with Gasteiger partial charge in [-0.2, -0.15) is 0 Å². The number of nitrogens with zero attached hydrogens (tertiary/aromatic N) is 3. The number of nitro benzene ring substituents is 1. The summed E-state index contributed by atoms with van der Waals surface area (Å²) in [6.45, 7) is 0.0624. The molecule has 0 fully saturated rings. The fourth-order valence-electron chi connectivity index (χ4n) is 2.40. The second-order valence-electron chi connectivity index (χ2n) is 5.91. The molecule has 0 spiro atoms. The van der Waals surface area contributed by atoms with E-state index in [0.29, 0.717) is 17.2 Å². The van der Waals surface area contributed by atoms with Crippen LogP contribution in [0.25, 0.3) is 0 Å². The first-order valence-electron chi connectivity index (χ1n) is 8.83. The molecular weight excluding hydrogens is 428 g/mol. The third-order valence-corrected chi connectivity index (χ3v) is 4.67. The molecule has 0 aliphatic rings. The van der Waals surface area contributed by atoms with Crippen LogP contribution in [0.2, 0.25) is 0 Å². The van der Waals surface area contributed by atoms with Gasteiger partial charge in [-0.1, -0.05) is 17.8 Å². The molecule has 31 heavy (non-hydrogen) atoms. The van der Waals surface area contributed by atoms with Crippen LogP contribution in [0.3, 0.4) is 0 Å². The van der Waals surface area contributed by atoms with Crippen LogP contribution in [-0.4, -0.2) is 41.0 Å². The highest BCUT2D eigenvalue weighted by Crippen LogP contribution is 2.29. The Hall–Kier alpha value is -3.80. The summed E-state index contributed by atoms with van der Waals surface area (Å²) in [4.78, 5) is 22.5. The number of hydrogen-bond donors (Lipinski definition) is 1. The first-order valence-corrected chi connectivity index (χ1v) is 9.81. The van der Waals surface area contributed by atoms with Crippen molar-refractivity contribution >= 4 is 29.0 Å². The summed E-state index contributed by atoms with van der Waals surface area (Å²) in [6.07, 6.45) is 0. The third kappa shape index (κ3) is 6.09. The summed E-state index contributed by atoms with van der Waals surface area (Å²) in [7, 11) is 2.92. The number of aromatic nitrogens is 2. The van der Waals surface area contributed by atoms with Gasteiger partial charge < -0.3 is 23.9 Å². The Labute approximate surface area is 180 Å². The molecule has 3 rings (SSSR count). The van der Waals surface area contributed by atoms with Crippen molar-refractivity contribution in [2.75, 3.05) is 25.3 Å². The lowest BCUT2D eigenvalue weighted by Crippen LogP contribution is -2.14. The molecule has 1 N–H and O–H groups in total. The molecule has 1 amide bonds. The van der Waals surface area contributed by atoms with E-state index in [9.17, 15) is 14.9 Å². The molecule has 1 aromatic heterocycles. The largest absolute Gasteiger partial charge is 0.497 e. The zero-order chi connectivity index (χ0) is 22.2. The molecule has 11 nitrogen and oxygen atoms in total. The number of benzene rings is 2. The quantitative estimate of drug-likeness (QED) is 0.280. The van der Waals surface area contributed by atoms with Gasteiger partial charge in [-0.05, 0) is 18.2 Å². The highest BCUT2D eigenvalue weighted by Gasteiger charge is 2.15. The van der Waals surface area contributed by atoms with Gasteiger partial charge in [0.15, 0.2) is 6.61 Å². The Morgan fingerprint density at radius 1 is 1.16 bits per heavy atom. The van der Waals surface area contributed by atoms with Gasteiger partial charge in [-0.25, -0.2) is 0 Å². The maximum absolute atomic E-state index is 12.2. The number of carbonyl (C=O) groups excluding carboxylic acids is 1. The summed E-state index contributed by atoms with van der Waals surface area (Å²) < 4.78 is 21.3. The minimum atomic E-state index is -0.546. The molecular formula is C19H18N4O7S. The lowest BCUT2D eigenvalue weighted by molar-refractivity contribution is -0.384. The smallest absolute Gasteiger partial charge is 0.277 e. The molecule has 0 aliphatic heterocycles. The van der Waals surface area contributed by atoms with E-state index in [-0.39, 0.29) is 40.8 Å². The van der Waals surface area contributed by atoms with E-state index in [4.69, 9.17) is 18.6 Å². The van der Waals surface area contributed by atoms with Gasteiger partial charge in [0.1, 0.15) is 17.2 Å². The van der Waals surface area contributed by atoms with E-state index in [1.54, 1.807) is 31.4 Å². The van der Waals surface area contributed by atoms with Gasteiger partial charge in [0, 0.05) is 12.1 Å². The molecule has 0 atom stereocenters. The van der Waals surface area contributed by atoms with Crippen LogP contribution in [0.4, 0.5) is 11.4 Å². The first-order chi connectivity index (χ1) is 15.0. The van der Waals surface area contributed by atoms with Gasteiger partial charge in [0.2, 0.25) is 5.91 Å². The summed E-state index contributed by atoms with van der Waals surface area (Å²) >= 11 is 1.04. The van der Waals surface area contributed by atoms with Gasteiger partial charge >= 0.3 is 0 Å². The highest BCUT2D eigenvalue weighted by atomic mass is 32.2. The number of nitro groups is 1. The fourth-order valence-corrected chi connectivity index (χ4v) is 2.98. The number of rotatable bonds is 10. The Morgan fingerprint density at radius 2 is 1.97 bits per heavy atom. The second kappa shape index (κ2) is 10.3. The van der Waals surface area contributed by atoms with E-state index in [0.717, 1.165) is 11.8 Å². The average Bonchev–Trinajstić information content (AvgIpc) is 3.24. The number of anilines is 1. The van der Waals surface area contributed by atoms with Crippen LogP contribution in [-0.2, 0) is 11.4 Å². The Morgan fingerprint density at radius 3 is 2.71 bits per heavy atom. The van der Waals surface area contributed by atoms with Gasteiger partial charge in [-0.15, -0.1) is 10.2 Å². The number of thioether (sulfide) groups is 1. The number of methoxy groups -OCH3 is 2. The number of carbonyl (C=O) groups is 1. The summed E-state index contributed by atoms with van der Waals surface area (Å²) in [5.74, 6) is 1.30.